The molecule has 0 aliphatic rings. The molecule has 3 aromatic rings. The molecule has 0 radical (unpaired) electrons. The Morgan fingerprint density at radius 1 is 1.33 bits per heavy atom. The molecule has 0 saturated carbocycles. The molecule has 0 N–H and O–H groups in total. The molecule has 0 unspecified atom stereocenters. The lowest BCUT2D eigenvalue weighted by Gasteiger charge is -2.07. The Morgan fingerprint density at radius 2 is 2.15 bits per heavy atom. The van der Waals surface area contributed by atoms with Gasteiger partial charge in [0.05, 0.1) is 16.8 Å². The number of carbonyl (C=O) groups is 2. The number of nitrogens with zero attached hydrogens (tertiary/aromatic N) is 2. The first kappa shape index (κ1) is 19.5. The Kier molecular flexibility index (Phi) is 6.26. The summed E-state index contributed by atoms with van der Waals surface area (Å²) < 4.78 is 7.65. The highest BCUT2D eigenvalue weighted by molar-refractivity contribution is 7.16. The summed E-state index contributed by atoms with van der Waals surface area (Å²) in [6, 6.07) is 7.49. The standard InChI is InChI=1S/C19H17ClN2O3S2/c1-3-25-17(24)11-22-18-12(2)14(20)7-8-15(18)27-19(22)21-16(23)9-6-13-5-4-10-26-13/h4-10H,3,11H2,1-2H3. The number of benzene rings is 1. The number of amides is 1. The topological polar surface area (TPSA) is 60.7 Å². The minimum Gasteiger partial charge on any atom is -0.465 e. The van der Waals surface area contributed by atoms with Crippen LogP contribution in [0.3, 0.4) is 0 Å². The van der Waals surface area contributed by atoms with Crippen molar-refractivity contribution in [3.05, 3.63) is 56.0 Å². The van der Waals surface area contributed by atoms with Crippen LogP contribution in [-0.2, 0) is 20.9 Å². The first-order valence-electron chi connectivity index (χ1n) is 8.24. The highest BCUT2D eigenvalue weighted by Crippen LogP contribution is 2.27. The predicted molar refractivity (Wildman–Crippen MR) is 110 cm³/mol. The Hall–Kier alpha value is -2.22. The van der Waals surface area contributed by atoms with Crippen molar-refractivity contribution in [1.29, 1.82) is 0 Å². The molecule has 3 rings (SSSR count). The lowest BCUT2D eigenvalue weighted by Crippen LogP contribution is -2.23. The van der Waals surface area contributed by atoms with Crippen LogP contribution in [0, 0.1) is 6.92 Å². The van der Waals surface area contributed by atoms with E-state index in [0.29, 0.717) is 9.82 Å². The summed E-state index contributed by atoms with van der Waals surface area (Å²) in [5.74, 6) is -0.782. The second-order valence-electron chi connectivity index (χ2n) is 5.59. The fourth-order valence-electron chi connectivity index (χ4n) is 2.55. The lowest BCUT2D eigenvalue weighted by molar-refractivity contribution is -0.143. The molecule has 1 amide bonds. The van der Waals surface area contributed by atoms with Crippen LogP contribution in [-0.4, -0.2) is 23.1 Å². The number of ether oxygens (including phenoxy) is 1. The van der Waals surface area contributed by atoms with Crippen molar-refractivity contribution in [3.8, 4) is 0 Å². The van der Waals surface area contributed by atoms with E-state index in [2.05, 4.69) is 4.99 Å². The zero-order valence-electron chi connectivity index (χ0n) is 14.8. The molecule has 0 saturated heterocycles. The van der Waals surface area contributed by atoms with E-state index in [1.165, 1.54) is 28.7 Å². The molecule has 1 aromatic carbocycles. The molecule has 0 spiro atoms. The van der Waals surface area contributed by atoms with Crippen LogP contribution in [0.1, 0.15) is 17.4 Å². The molecule has 27 heavy (non-hydrogen) atoms. The number of rotatable bonds is 5. The minimum atomic E-state index is -0.392. The number of thiophene rings is 1. The second kappa shape index (κ2) is 8.65. The van der Waals surface area contributed by atoms with Crippen LogP contribution in [0.2, 0.25) is 5.02 Å². The summed E-state index contributed by atoms with van der Waals surface area (Å²) in [5.41, 5.74) is 1.62. The molecule has 0 fully saturated rings. The van der Waals surface area contributed by atoms with Gasteiger partial charge in [0.25, 0.3) is 5.91 Å². The number of fused-ring (bicyclic) bond motifs is 1. The first-order valence-corrected chi connectivity index (χ1v) is 10.3. The van der Waals surface area contributed by atoms with Gasteiger partial charge in [-0.2, -0.15) is 4.99 Å². The molecular formula is C19H17ClN2O3S2. The van der Waals surface area contributed by atoms with Gasteiger partial charge in [-0.3, -0.25) is 9.59 Å². The van der Waals surface area contributed by atoms with Crippen LogP contribution in [0.5, 0.6) is 0 Å². The molecule has 140 valence electrons. The fraction of sp³-hybridized carbons (Fsp3) is 0.211. The third kappa shape index (κ3) is 4.55. The third-order valence-electron chi connectivity index (χ3n) is 3.76. The Labute approximate surface area is 169 Å². The van der Waals surface area contributed by atoms with E-state index in [-0.39, 0.29) is 19.1 Å². The maximum Gasteiger partial charge on any atom is 0.326 e. The summed E-state index contributed by atoms with van der Waals surface area (Å²) >= 11 is 9.12. The zero-order chi connectivity index (χ0) is 19.4. The lowest BCUT2D eigenvalue weighted by atomic mass is 10.2. The number of aryl methyl sites for hydroxylation is 1. The van der Waals surface area contributed by atoms with E-state index in [9.17, 15) is 9.59 Å². The summed E-state index contributed by atoms with van der Waals surface area (Å²) in [7, 11) is 0. The van der Waals surface area contributed by atoms with E-state index in [1.54, 1.807) is 23.6 Å². The number of halogens is 1. The fourth-order valence-corrected chi connectivity index (χ4v) is 4.42. The summed E-state index contributed by atoms with van der Waals surface area (Å²) in [6.07, 6.45) is 3.15. The Morgan fingerprint density at radius 3 is 2.85 bits per heavy atom. The van der Waals surface area contributed by atoms with Crippen molar-refractivity contribution in [3.63, 3.8) is 0 Å². The summed E-state index contributed by atoms with van der Waals surface area (Å²) in [6.45, 7) is 3.88. The van der Waals surface area contributed by atoms with Gasteiger partial charge in [0.2, 0.25) is 0 Å². The van der Waals surface area contributed by atoms with Crippen molar-refractivity contribution in [2.45, 2.75) is 20.4 Å². The van der Waals surface area contributed by atoms with Crippen molar-refractivity contribution in [2.75, 3.05) is 6.61 Å². The van der Waals surface area contributed by atoms with E-state index >= 15 is 0 Å². The Balaban J connectivity index is 2.06. The SMILES string of the molecule is CCOC(=O)Cn1c(=NC(=O)C=Cc2cccs2)sc2ccc(Cl)c(C)c21. The maximum atomic E-state index is 12.3. The van der Waals surface area contributed by atoms with Gasteiger partial charge in [0.1, 0.15) is 6.54 Å². The largest absolute Gasteiger partial charge is 0.465 e. The van der Waals surface area contributed by atoms with E-state index < -0.39 is 5.91 Å². The van der Waals surface area contributed by atoms with Crippen molar-refractivity contribution < 1.29 is 14.3 Å². The molecule has 2 heterocycles. The number of hydrogen-bond donors (Lipinski definition) is 0. The van der Waals surface area contributed by atoms with Gasteiger partial charge in [-0.15, -0.1) is 11.3 Å². The van der Waals surface area contributed by atoms with Crippen molar-refractivity contribution in [1.82, 2.24) is 4.57 Å². The van der Waals surface area contributed by atoms with Gasteiger partial charge in [0.15, 0.2) is 4.80 Å². The van der Waals surface area contributed by atoms with Gasteiger partial charge in [-0.1, -0.05) is 29.0 Å². The van der Waals surface area contributed by atoms with Crippen LogP contribution in [0.15, 0.2) is 40.7 Å². The molecule has 2 aromatic heterocycles. The van der Waals surface area contributed by atoms with Crippen LogP contribution >= 0.6 is 34.3 Å². The van der Waals surface area contributed by atoms with E-state index in [0.717, 1.165) is 20.7 Å². The van der Waals surface area contributed by atoms with Gasteiger partial charge in [-0.25, -0.2) is 0 Å². The Bertz CT molecular complexity index is 1080. The number of carbonyl (C=O) groups excluding carboxylic acids is 2. The minimum absolute atomic E-state index is 0.0320. The van der Waals surface area contributed by atoms with Crippen LogP contribution in [0.4, 0.5) is 0 Å². The zero-order valence-corrected chi connectivity index (χ0v) is 17.2. The van der Waals surface area contributed by atoms with E-state index in [4.69, 9.17) is 16.3 Å². The van der Waals surface area contributed by atoms with Crippen LogP contribution in [0.25, 0.3) is 16.3 Å². The number of aromatic nitrogens is 1. The van der Waals surface area contributed by atoms with Crippen molar-refractivity contribution in [2.24, 2.45) is 4.99 Å². The predicted octanol–water partition coefficient (Wildman–Crippen LogP) is 4.43. The molecular weight excluding hydrogens is 404 g/mol. The average Bonchev–Trinajstić information content (AvgIpc) is 3.26. The molecule has 5 nitrogen and oxygen atoms in total. The first-order chi connectivity index (χ1) is 13.0. The molecule has 8 heteroatoms. The monoisotopic (exact) mass is 420 g/mol. The number of esters is 1. The van der Waals surface area contributed by atoms with Gasteiger partial charge in [-0.05, 0) is 49.1 Å². The maximum absolute atomic E-state index is 12.3. The average molecular weight is 421 g/mol. The van der Waals surface area contributed by atoms with Crippen molar-refractivity contribution >= 4 is 62.4 Å². The summed E-state index contributed by atoms with van der Waals surface area (Å²) in [4.78, 5) is 30.0. The highest BCUT2D eigenvalue weighted by atomic mass is 35.5. The van der Waals surface area contributed by atoms with E-state index in [1.807, 2.05) is 30.5 Å². The molecule has 0 aliphatic heterocycles. The number of hydrogen-bond acceptors (Lipinski definition) is 5. The number of thiazole rings is 1. The quantitative estimate of drug-likeness (QED) is 0.453. The highest BCUT2D eigenvalue weighted by Gasteiger charge is 2.15. The molecule has 0 bridgehead atoms. The molecule has 0 atom stereocenters. The summed E-state index contributed by atoms with van der Waals surface area (Å²) in [5, 5.41) is 2.53. The van der Waals surface area contributed by atoms with Crippen LogP contribution < -0.4 is 4.80 Å². The smallest absolute Gasteiger partial charge is 0.326 e. The molecule has 0 aliphatic carbocycles. The second-order valence-corrected chi connectivity index (χ2v) is 7.99. The third-order valence-corrected chi connectivity index (χ3v) is 6.05. The van der Waals surface area contributed by atoms with Gasteiger partial charge >= 0.3 is 5.97 Å². The normalized spacial score (nSPS) is 12.2. The van der Waals surface area contributed by atoms with Gasteiger partial charge < -0.3 is 9.30 Å². The van der Waals surface area contributed by atoms with Gasteiger partial charge in [0, 0.05) is 16.0 Å².